The van der Waals surface area contributed by atoms with Crippen molar-refractivity contribution in [2.24, 2.45) is 17.3 Å². The summed E-state index contributed by atoms with van der Waals surface area (Å²) in [4.78, 5) is 37.7. The van der Waals surface area contributed by atoms with Crippen molar-refractivity contribution >= 4 is 29.5 Å². The fraction of sp³-hybridized carbons (Fsp3) is 0.842. The third-order valence-corrected chi connectivity index (χ3v) is 5.10. The van der Waals surface area contributed by atoms with Gasteiger partial charge in [0.25, 0.3) is 5.91 Å². The minimum absolute atomic E-state index is 0.144. The van der Waals surface area contributed by atoms with Crippen LogP contribution in [0.25, 0.3) is 0 Å². The van der Waals surface area contributed by atoms with E-state index < -0.39 is 29.3 Å². The summed E-state index contributed by atoms with van der Waals surface area (Å²) in [5.41, 5.74) is 1.16. The van der Waals surface area contributed by atoms with Crippen LogP contribution < -0.4 is 21.4 Å². The van der Waals surface area contributed by atoms with Gasteiger partial charge in [-0.15, -0.1) is 0 Å². The van der Waals surface area contributed by atoms with Crippen LogP contribution in [0.15, 0.2) is 0 Å². The second kappa shape index (κ2) is 13.0. The van der Waals surface area contributed by atoms with Gasteiger partial charge in [0, 0.05) is 7.05 Å². The molecule has 5 N–H and O–H groups in total. The molecule has 0 heterocycles. The number of hydrogen-bond acceptors (Lipinski definition) is 6. The second-order valence-electron chi connectivity index (χ2n) is 8.41. The summed E-state index contributed by atoms with van der Waals surface area (Å²) in [6.07, 6.45) is 3.26. The Hall–Kier alpha value is -1.32. The molecule has 0 saturated heterocycles. The fourth-order valence-corrected chi connectivity index (χ4v) is 3.37. The number of hydroxylamine groups is 1. The van der Waals surface area contributed by atoms with Crippen LogP contribution in [0.1, 0.15) is 47.5 Å². The third kappa shape index (κ3) is 9.25. The molecule has 3 amide bonds. The molecule has 0 aliphatic heterocycles. The van der Waals surface area contributed by atoms with E-state index >= 15 is 0 Å². The molecule has 0 radical (unpaired) electrons. The molecule has 3 atom stereocenters. The molecule has 0 fully saturated rings. The summed E-state index contributed by atoms with van der Waals surface area (Å²) in [7, 11) is 1.52. The number of thioether (sulfide) groups is 1. The van der Waals surface area contributed by atoms with E-state index in [4.69, 9.17) is 0 Å². The van der Waals surface area contributed by atoms with E-state index in [1.165, 1.54) is 7.05 Å². The minimum atomic E-state index is -0.889. The van der Waals surface area contributed by atoms with Crippen molar-refractivity contribution in [2.75, 3.05) is 25.6 Å². The summed E-state index contributed by atoms with van der Waals surface area (Å²) < 4.78 is 0. The number of carbonyl (C=O) groups excluding carboxylic acids is 3. The maximum atomic E-state index is 13.1. The highest BCUT2D eigenvalue weighted by molar-refractivity contribution is 7.98. The van der Waals surface area contributed by atoms with Gasteiger partial charge in [-0.05, 0) is 42.7 Å². The number of rotatable bonds is 12. The van der Waals surface area contributed by atoms with Crippen molar-refractivity contribution < 1.29 is 19.6 Å². The Morgan fingerprint density at radius 3 is 2.11 bits per heavy atom. The van der Waals surface area contributed by atoms with E-state index in [2.05, 4.69) is 16.0 Å². The van der Waals surface area contributed by atoms with E-state index in [0.29, 0.717) is 13.0 Å². The molecule has 0 aromatic heterocycles. The Morgan fingerprint density at radius 1 is 1.07 bits per heavy atom. The molecule has 0 saturated carbocycles. The second-order valence-corrected chi connectivity index (χ2v) is 9.40. The first-order valence-corrected chi connectivity index (χ1v) is 11.1. The monoisotopic (exact) mass is 418 g/mol. The van der Waals surface area contributed by atoms with Crippen LogP contribution in [0.5, 0.6) is 0 Å². The van der Waals surface area contributed by atoms with Crippen molar-refractivity contribution in [3.8, 4) is 0 Å². The Bertz CT molecular complexity index is 509. The van der Waals surface area contributed by atoms with Gasteiger partial charge in [-0.25, -0.2) is 5.48 Å². The summed E-state index contributed by atoms with van der Waals surface area (Å²) >= 11 is 1.70. The van der Waals surface area contributed by atoms with E-state index in [9.17, 15) is 19.6 Å². The summed E-state index contributed by atoms with van der Waals surface area (Å²) in [6, 6.07) is -1.63. The molecule has 0 aromatic rings. The van der Waals surface area contributed by atoms with Crippen LogP contribution >= 0.6 is 11.8 Å². The van der Waals surface area contributed by atoms with Gasteiger partial charge in [-0.3, -0.25) is 19.6 Å². The maximum Gasteiger partial charge on any atom is 0.261 e. The average molecular weight is 419 g/mol. The van der Waals surface area contributed by atoms with Gasteiger partial charge in [0.2, 0.25) is 11.8 Å². The zero-order valence-electron chi connectivity index (χ0n) is 18.2. The number of hydrogen-bond donors (Lipinski definition) is 5. The lowest BCUT2D eigenvalue weighted by Gasteiger charge is -2.33. The summed E-state index contributed by atoms with van der Waals surface area (Å²) in [5, 5.41) is 17.7. The zero-order valence-corrected chi connectivity index (χ0v) is 19.0. The molecule has 0 aromatic carbocycles. The Kier molecular flexibility index (Phi) is 12.4. The summed E-state index contributed by atoms with van der Waals surface area (Å²) in [5.74, 6) is -0.994. The van der Waals surface area contributed by atoms with Crippen LogP contribution in [0.4, 0.5) is 0 Å². The number of likely N-dealkylation sites (N-methyl/N-ethyl adjacent to an activating group) is 1. The number of amides is 3. The van der Waals surface area contributed by atoms with Crippen LogP contribution in [0, 0.1) is 17.3 Å². The normalized spacial score (nSPS) is 14.9. The molecule has 0 rings (SSSR count). The first-order chi connectivity index (χ1) is 13.0. The quantitative estimate of drug-likeness (QED) is 0.184. The molecule has 28 heavy (non-hydrogen) atoms. The molecule has 9 heteroatoms. The van der Waals surface area contributed by atoms with Gasteiger partial charge in [-0.1, -0.05) is 34.6 Å². The van der Waals surface area contributed by atoms with Gasteiger partial charge in [0.15, 0.2) is 0 Å². The lowest BCUT2D eigenvalue weighted by atomic mass is 9.84. The molecule has 0 aliphatic rings. The van der Waals surface area contributed by atoms with Crippen LogP contribution in [0.2, 0.25) is 0 Å². The van der Waals surface area contributed by atoms with E-state index in [0.717, 1.165) is 12.2 Å². The third-order valence-electron chi connectivity index (χ3n) is 4.41. The SMILES string of the molecule is CNC(=O)[C@@H](NC(=O)[C@H](CC(C)C)[C@H](NCCCSC)C(=O)NO)C(C)(C)C. The molecule has 8 nitrogen and oxygen atoms in total. The van der Waals surface area contributed by atoms with Crippen LogP contribution in [0.3, 0.4) is 0 Å². The topological polar surface area (TPSA) is 120 Å². The smallest absolute Gasteiger partial charge is 0.261 e. The predicted octanol–water partition coefficient (Wildman–Crippen LogP) is 1.14. The van der Waals surface area contributed by atoms with Crippen LogP contribution in [-0.4, -0.2) is 60.6 Å². The van der Waals surface area contributed by atoms with Gasteiger partial charge < -0.3 is 16.0 Å². The molecule has 0 spiro atoms. The lowest BCUT2D eigenvalue weighted by molar-refractivity contribution is -0.139. The first kappa shape index (κ1) is 26.7. The van der Waals surface area contributed by atoms with Crippen molar-refractivity contribution in [1.29, 1.82) is 0 Å². The molecule has 0 bridgehead atoms. The van der Waals surface area contributed by atoms with Crippen molar-refractivity contribution in [2.45, 2.75) is 59.5 Å². The van der Waals surface area contributed by atoms with E-state index in [1.807, 2.05) is 40.9 Å². The Morgan fingerprint density at radius 2 is 1.68 bits per heavy atom. The predicted molar refractivity (Wildman–Crippen MR) is 113 cm³/mol. The van der Waals surface area contributed by atoms with Crippen molar-refractivity contribution in [3.63, 3.8) is 0 Å². The number of nitrogens with one attached hydrogen (secondary N) is 4. The zero-order chi connectivity index (χ0) is 21.9. The minimum Gasteiger partial charge on any atom is -0.357 e. The summed E-state index contributed by atoms with van der Waals surface area (Å²) in [6.45, 7) is 10.1. The molecule has 0 aliphatic carbocycles. The molecular formula is C19H38N4O4S. The van der Waals surface area contributed by atoms with Crippen molar-refractivity contribution in [1.82, 2.24) is 21.4 Å². The maximum absolute atomic E-state index is 13.1. The van der Waals surface area contributed by atoms with Crippen LogP contribution in [-0.2, 0) is 14.4 Å². The highest BCUT2D eigenvalue weighted by Crippen LogP contribution is 2.22. The number of carbonyl (C=O) groups is 3. The lowest BCUT2D eigenvalue weighted by Crippen LogP contribution is -2.58. The standard InChI is InChI=1S/C19H38N4O4S/c1-12(2)11-13(14(17(25)23-27)21-9-8-10-28-7)16(24)22-15(18(26)20-6)19(3,4)5/h12-15,21,27H,8-11H2,1-7H3,(H,20,26)(H,22,24)(H,23,25)/t13-,14+,15-/m1/s1. The molecule has 0 unspecified atom stereocenters. The highest BCUT2D eigenvalue weighted by Gasteiger charge is 2.38. The Labute approximate surface area is 173 Å². The van der Waals surface area contributed by atoms with Gasteiger partial charge in [0.05, 0.1) is 5.92 Å². The molecule has 164 valence electrons. The van der Waals surface area contributed by atoms with Gasteiger partial charge in [0.1, 0.15) is 12.1 Å². The average Bonchev–Trinajstić information content (AvgIpc) is 2.62. The Balaban J connectivity index is 5.58. The largest absolute Gasteiger partial charge is 0.357 e. The van der Waals surface area contributed by atoms with E-state index in [1.54, 1.807) is 17.2 Å². The first-order valence-electron chi connectivity index (χ1n) is 9.67. The van der Waals surface area contributed by atoms with E-state index in [-0.39, 0.29) is 17.7 Å². The molecular weight excluding hydrogens is 380 g/mol. The highest BCUT2D eigenvalue weighted by atomic mass is 32.2. The van der Waals surface area contributed by atoms with Crippen molar-refractivity contribution in [3.05, 3.63) is 0 Å². The van der Waals surface area contributed by atoms with Gasteiger partial charge in [-0.2, -0.15) is 11.8 Å². The van der Waals surface area contributed by atoms with Gasteiger partial charge >= 0.3 is 0 Å². The fourth-order valence-electron chi connectivity index (χ4n) is 2.93.